The molecule has 1 aromatic rings. The molecule has 3 atom stereocenters. The molecule has 3 unspecified atom stereocenters. The topological polar surface area (TPSA) is 17.0 Å². The first-order valence-electron chi connectivity index (χ1n) is 7.63. The molecule has 102 valence electrons. The zero-order chi connectivity index (χ0) is 13.0. The van der Waals surface area contributed by atoms with Crippen LogP contribution in [0, 0.1) is 11.8 Å². The summed E-state index contributed by atoms with van der Waals surface area (Å²) in [6.07, 6.45) is 7.51. The van der Waals surface area contributed by atoms with Crippen molar-refractivity contribution in [3.05, 3.63) is 24.0 Å². The van der Waals surface area contributed by atoms with Crippen molar-refractivity contribution in [2.75, 3.05) is 0 Å². The lowest BCUT2D eigenvalue weighted by Gasteiger charge is -2.21. The Balaban J connectivity index is 1.86. The predicted octanol–water partition coefficient (Wildman–Crippen LogP) is 3.81. The summed E-state index contributed by atoms with van der Waals surface area (Å²) in [6, 6.07) is 5.14. The fourth-order valence-electron chi connectivity index (χ4n) is 3.42. The van der Waals surface area contributed by atoms with E-state index in [1.807, 2.05) is 0 Å². The normalized spacial score (nSPS) is 27.8. The highest BCUT2D eigenvalue weighted by Gasteiger charge is 2.30. The average Bonchev–Trinajstić information content (AvgIpc) is 2.94. The van der Waals surface area contributed by atoms with Crippen LogP contribution in [-0.2, 0) is 13.1 Å². The van der Waals surface area contributed by atoms with Gasteiger partial charge in [-0.2, -0.15) is 0 Å². The molecule has 2 heteroatoms. The van der Waals surface area contributed by atoms with E-state index in [2.05, 4.69) is 49.0 Å². The molecule has 1 aliphatic rings. The lowest BCUT2D eigenvalue weighted by molar-refractivity contribution is 0.342. The van der Waals surface area contributed by atoms with E-state index >= 15 is 0 Å². The third-order valence-corrected chi connectivity index (χ3v) is 4.68. The van der Waals surface area contributed by atoms with Crippen LogP contribution in [0.25, 0.3) is 0 Å². The molecule has 0 amide bonds. The zero-order valence-electron chi connectivity index (χ0n) is 12.2. The summed E-state index contributed by atoms with van der Waals surface area (Å²) < 4.78 is 2.38. The Morgan fingerprint density at radius 1 is 1.33 bits per heavy atom. The highest BCUT2D eigenvalue weighted by molar-refractivity contribution is 5.07. The van der Waals surface area contributed by atoms with Gasteiger partial charge in [-0.15, -0.1) is 0 Å². The van der Waals surface area contributed by atoms with Gasteiger partial charge in [-0.1, -0.05) is 27.2 Å². The molecule has 1 N–H and O–H groups in total. The van der Waals surface area contributed by atoms with Gasteiger partial charge in [-0.3, -0.25) is 0 Å². The van der Waals surface area contributed by atoms with Crippen molar-refractivity contribution in [3.63, 3.8) is 0 Å². The van der Waals surface area contributed by atoms with Crippen molar-refractivity contribution in [2.24, 2.45) is 11.8 Å². The van der Waals surface area contributed by atoms with E-state index < -0.39 is 0 Å². The van der Waals surface area contributed by atoms with E-state index in [1.165, 1.54) is 31.4 Å². The summed E-state index contributed by atoms with van der Waals surface area (Å²) in [5.74, 6) is 1.77. The van der Waals surface area contributed by atoms with Gasteiger partial charge in [0.15, 0.2) is 0 Å². The highest BCUT2D eigenvalue weighted by atomic mass is 15.0. The Hall–Kier alpha value is -0.760. The standard InChI is InChI=1S/C16H28N2/c1-4-10-18-11-6-7-15(18)12-17-16-9-8-14(5-2)13(16)3/h6-7,11,13-14,16-17H,4-5,8-10,12H2,1-3H3. The number of aromatic nitrogens is 1. The Morgan fingerprint density at radius 3 is 2.83 bits per heavy atom. The van der Waals surface area contributed by atoms with Gasteiger partial charge >= 0.3 is 0 Å². The molecular weight excluding hydrogens is 220 g/mol. The molecule has 2 nitrogen and oxygen atoms in total. The van der Waals surface area contributed by atoms with Crippen LogP contribution in [0.5, 0.6) is 0 Å². The van der Waals surface area contributed by atoms with Crippen molar-refractivity contribution in [2.45, 2.75) is 65.6 Å². The van der Waals surface area contributed by atoms with Crippen LogP contribution >= 0.6 is 0 Å². The van der Waals surface area contributed by atoms with E-state index in [0.29, 0.717) is 0 Å². The summed E-state index contributed by atoms with van der Waals surface area (Å²) >= 11 is 0. The lowest BCUT2D eigenvalue weighted by atomic mass is 9.93. The van der Waals surface area contributed by atoms with Gasteiger partial charge in [-0.25, -0.2) is 0 Å². The maximum Gasteiger partial charge on any atom is 0.0361 e. The van der Waals surface area contributed by atoms with Gasteiger partial charge in [0, 0.05) is 31.0 Å². The second-order valence-electron chi connectivity index (χ2n) is 5.79. The first-order chi connectivity index (χ1) is 8.76. The minimum Gasteiger partial charge on any atom is -0.350 e. The summed E-state index contributed by atoms with van der Waals surface area (Å²) in [7, 11) is 0. The molecule has 0 spiro atoms. The number of hydrogen-bond acceptors (Lipinski definition) is 1. The maximum atomic E-state index is 3.78. The fourth-order valence-corrected chi connectivity index (χ4v) is 3.42. The first kappa shape index (κ1) is 13.7. The Labute approximate surface area is 112 Å². The van der Waals surface area contributed by atoms with E-state index in [0.717, 1.165) is 31.0 Å². The third kappa shape index (κ3) is 2.97. The maximum absolute atomic E-state index is 3.78. The molecule has 0 aromatic carbocycles. The number of rotatable bonds is 6. The molecule has 0 saturated heterocycles. The second-order valence-corrected chi connectivity index (χ2v) is 5.79. The van der Waals surface area contributed by atoms with Crippen LogP contribution in [0.15, 0.2) is 18.3 Å². The zero-order valence-corrected chi connectivity index (χ0v) is 12.2. The minimum atomic E-state index is 0.722. The van der Waals surface area contributed by atoms with Gasteiger partial charge in [0.05, 0.1) is 0 Å². The summed E-state index contributed by atoms with van der Waals surface area (Å²) in [4.78, 5) is 0. The molecule has 0 radical (unpaired) electrons. The van der Waals surface area contributed by atoms with Crippen LogP contribution in [-0.4, -0.2) is 10.6 Å². The molecule has 0 bridgehead atoms. The van der Waals surface area contributed by atoms with Gasteiger partial charge < -0.3 is 9.88 Å². The summed E-state index contributed by atoms with van der Waals surface area (Å²) in [5.41, 5.74) is 1.43. The largest absolute Gasteiger partial charge is 0.350 e. The van der Waals surface area contributed by atoms with Gasteiger partial charge in [0.2, 0.25) is 0 Å². The summed E-state index contributed by atoms with van der Waals surface area (Å²) in [5, 5.41) is 3.78. The molecule has 1 heterocycles. The van der Waals surface area contributed by atoms with Crippen LogP contribution in [0.4, 0.5) is 0 Å². The minimum absolute atomic E-state index is 0.722. The third-order valence-electron chi connectivity index (χ3n) is 4.68. The average molecular weight is 248 g/mol. The number of nitrogens with one attached hydrogen (secondary N) is 1. The van der Waals surface area contributed by atoms with Crippen molar-refractivity contribution in [3.8, 4) is 0 Å². The number of hydrogen-bond donors (Lipinski definition) is 1. The van der Waals surface area contributed by atoms with Crippen LogP contribution < -0.4 is 5.32 Å². The molecule has 0 aliphatic heterocycles. The monoisotopic (exact) mass is 248 g/mol. The van der Waals surface area contributed by atoms with Gasteiger partial charge in [-0.05, 0) is 43.2 Å². The molecule has 1 saturated carbocycles. The summed E-state index contributed by atoms with van der Waals surface area (Å²) in [6.45, 7) is 9.15. The Kier molecular flexibility index (Phi) is 4.87. The highest BCUT2D eigenvalue weighted by Crippen LogP contribution is 2.33. The molecule has 18 heavy (non-hydrogen) atoms. The van der Waals surface area contributed by atoms with Gasteiger partial charge in [0.1, 0.15) is 0 Å². The molecule has 2 rings (SSSR count). The number of nitrogens with zero attached hydrogens (tertiary/aromatic N) is 1. The second kappa shape index (κ2) is 6.42. The predicted molar refractivity (Wildman–Crippen MR) is 77.5 cm³/mol. The van der Waals surface area contributed by atoms with Crippen LogP contribution in [0.1, 0.15) is 52.1 Å². The van der Waals surface area contributed by atoms with Gasteiger partial charge in [0.25, 0.3) is 0 Å². The quantitative estimate of drug-likeness (QED) is 0.810. The molecule has 1 aromatic heterocycles. The Bertz CT molecular complexity index is 356. The lowest BCUT2D eigenvalue weighted by Crippen LogP contribution is -2.32. The van der Waals surface area contributed by atoms with E-state index in [1.54, 1.807) is 0 Å². The first-order valence-corrected chi connectivity index (χ1v) is 7.63. The number of aryl methyl sites for hydroxylation is 1. The van der Waals surface area contributed by atoms with Crippen molar-refractivity contribution in [1.29, 1.82) is 0 Å². The van der Waals surface area contributed by atoms with E-state index in [-0.39, 0.29) is 0 Å². The fraction of sp³-hybridized carbons (Fsp3) is 0.750. The molecular formula is C16H28N2. The smallest absolute Gasteiger partial charge is 0.0361 e. The van der Waals surface area contributed by atoms with Crippen molar-refractivity contribution in [1.82, 2.24) is 9.88 Å². The van der Waals surface area contributed by atoms with Crippen molar-refractivity contribution >= 4 is 0 Å². The Morgan fingerprint density at radius 2 is 2.17 bits per heavy atom. The van der Waals surface area contributed by atoms with Crippen LogP contribution in [0.2, 0.25) is 0 Å². The van der Waals surface area contributed by atoms with Crippen LogP contribution in [0.3, 0.4) is 0 Å². The van der Waals surface area contributed by atoms with E-state index in [4.69, 9.17) is 0 Å². The van der Waals surface area contributed by atoms with E-state index in [9.17, 15) is 0 Å². The SMILES string of the molecule is CCCn1cccc1CNC1CCC(CC)C1C. The molecule has 1 fully saturated rings. The molecule has 1 aliphatic carbocycles. The van der Waals surface area contributed by atoms with Crippen molar-refractivity contribution < 1.29 is 0 Å².